The fourth-order valence-electron chi connectivity index (χ4n) is 2.66. The lowest BCUT2D eigenvalue weighted by Crippen LogP contribution is -2.35. The van der Waals surface area contributed by atoms with Crippen LogP contribution in [0.25, 0.3) is 0 Å². The summed E-state index contributed by atoms with van der Waals surface area (Å²) in [5.41, 5.74) is 12.8. The number of pyridine rings is 1. The van der Waals surface area contributed by atoms with Crippen molar-refractivity contribution < 1.29 is 14.0 Å². The maximum Gasteiger partial charge on any atom is 0.252 e. The number of hydrogen-bond acceptors (Lipinski definition) is 7. The number of nitrogens with two attached hydrogens (primary N) is 2. The van der Waals surface area contributed by atoms with E-state index in [1.807, 2.05) is 6.07 Å². The molecule has 0 radical (unpaired) electrons. The Morgan fingerprint density at radius 1 is 1.28 bits per heavy atom. The van der Waals surface area contributed by atoms with Crippen molar-refractivity contribution in [2.24, 2.45) is 16.5 Å². The molecular weight excluding hydrogens is 377 g/mol. The van der Waals surface area contributed by atoms with Crippen LogP contribution in [0.5, 0.6) is 0 Å². The van der Waals surface area contributed by atoms with Crippen molar-refractivity contribution in [1.29, 1.82) is 0 Å². The Balaban J connectivity index is 2.47. The van der Waals surface area contributed by atoms with Gasteiger partial charge in [-0.05, 0) is 30.7 Å². The van der Waals surface area contributed by atoms with Gasteiger partial charge in [-0.25, -0.2) is 9.37 Å². The highest BCUT2D eigenvalue weighted by Crippen LogP contribution is 2.26. The third kappa shape index (κ3) is 5.18. The molecule has 2 aromatic rings. The van der Waals surface area contributed by atoms with Gasteiger partial charge in [0.1, 0.15) is 11.9 Å². The number of primary amides is 2. The topological polar surface area (TPSA) is 148 Å². The van der Waals surface area contributed by atoms with E-state index in [9.17, 15) is 14.0 Å². The summed E-state index contributed by atoms with van der Waals surface area (Å²) in [6.45, 7) is 1.72. The van der Waals surface area contributed by atoms with Crippen LogP contribution in [0.3, 0.4) is 0 Å². The second kappa shape index (κ2) is 9.49. The average molecular weight is 401 g/mol. The van der Waals surface area contributed by atoms with Gasteiger partial charge in [-0.15, -0.1) is 0 Å². The van der Waals surface area contributed by atoms with E-state index in [-0.39, 0.29) is 17.2 Å². The fraction of sp³-hybridized carbons (Fsp3) is 0.263. The summed E-state index contributed by atoms with van der Waals surface area (Å²) in [5, 5.41) is 8.67. The molecule has 0 aliphatic rings. The number of aromatic nitrogens is 1. The lowest BCUT2D eigenvalue weighted by molar-refractivity contribution is -0.118. The van der Waals surface area contributed by atoms with Crippen molar-refractivity contribution in [3.8, 4) is 0 Å². The molecule has 7 N–H and O–H groups in total. The highest BCUT2D eigenvalue weighted by atomic mass is 19.1. The van der Waals surface area contributed by atoms with Crippen LogP contribution in [0.4, 0.5) is 27.4 Å². The minimum atomic E-state index is -0.852. The monoisotopic (exact) mass is 401 g/mol. The molecule has 1 aromatic heterocycles. The predicted octanol–water partition coefficient (Wildman–Crippen LogP) is 1.83. The van der Waals surface area contributed by atoms with E-state index >= 15 is 0 Å². The second-order valence-corrected chi connectivity index (χ2v) is 6.15. The Bertz CT molecular complexity index is 946. The highest BCUT2D eigenvalue weighted by Gasteiger charge is 2.20. The largest absolute Gasteiger partial charge is 0.388 e. The van der Waals surface area contributed by atoms with E-state index in [0.717, 1.165) is 17.3 Å². The van der Waals surface area contributed by atoms with Gasteiger partial charge in [0.25, 0.3) is 5.91 Å². The molecule has 0 aliphatic carbocycles. The van der Waals surface area contributed by atoms with Gasteiger partial charge in [-0.3, -0.25) is 14.6 Å². The van der Waals surface area contributed by atoms with Crippen LogP contribution in [0.15, 0.2) is 29.3 Å². The minimum absolute atomic E-state index is 0.0392. The van der Waals surface area contributed by atoms with E-state index in [2.05, 4.69) is 25.9 Å². The molecule has 0 aliphatic heterocycles. The summed E-state index contributed by atoms with van der Waals surface area (Å²) in [4.78, 5) is 31.4. The Morgan fingerprint density at radius 2 is 2.00 bits per heavy atom. The van der Waals surface area contributed by atoms with Gasteiger partial charge >= 0.3 is 0 Å². The molecule has 1 heterocycles. The standard InChI is InChI=1S/C19H24FN7O2/c1-4-14(17(22)29)26-19-13(20)8-12(16(21)28)18(27-19)25-11-5-6-15(24-3)10(7-11)9-23-2/h5-9,14,24H,4H2,1-3H3,(H2,21,28)(H2,22,29)(H2,25,26,27)/b23-9-/t14-/m1/s1. The van der Waals surface area contributed by atoms with Gasteiger partial charge in [-0.1, -0.05) is 6.92 Å². The van der Waals surface area contributed by atoms with Crippen LogP contribution < -0.4 is 27.4 Å². The maximum absolute atomic E-state index is 14.4. The zero-order chi connectivity index (χ0) is 21.6. The smallest absolute Gasteiger partial charge is 0.252 e. The predicted molar refractivity (Wildman–Crippen MR) is 112 cm³/mol. The molecule has 0 spiro atoms. The number of nitrogens with one attached hydrogen (secondary N) is 3. The van der Waals surface area contributed by atoms with Crippen LogP contribution in [0, 0.1) is 5.82 Å². The van der Waals surface area contributed by atoms with Gasteiger partial charge in [0.15, 0.2) is 11.6 Å². The number of carbonyl (C=O) groups is 2. The molecule has 2 amide bonds. The first-order valence-electron chi connectivity index (χ1n) is 8.87. The molecule has 9 nitrogen and oxygen atoms in total. The number of amides is 2. The van der Waals surface area contributed by atoms with E-state index < -0.39 is 23.7 Å². The van der Waals surface area contributed by atoms with Gasteiger partial charge in [0, 0.05) is 37.2 Å². The van der Waals surface area contributed by atoms with Gasteiger partial charge in [-0.2, -0.15) is 0 Å². The molecule has 154 valence electrons. The summed E-state index contributed by atoms with van der Waals surface area (Å²) in [6, 6.07) is 5.49. The number of halogens is 1. The van der Waals surface area contributed by atoms with Crippen molar-refractivity contribution in [2.75, 3.05) is 30.0 Å². The SMILES string of the molecule is CC[C@@H](Nc1nc(Nc2ccc(NC)c(/C=N\C)c2)c(C(N)=O)cc1F)C(N)=O. The molecule has 2 rings (SSSR count). The molecule has 0 saturated carbocycles. The Morgan fingerprint density at radius 3 is 2.55 bits per heavy atom. The first-order valence-corrected chi connectivity index (χ1v) is 8.87. The summed E-state index contributed by atoms with van der Waals surface area (Å²) in [5.74, 6) is -2.50. The lowest BCUT2D eigenvalue weighted by Gasteiger charge is -2.17. The number of anilines is 4. The van der Waals surface area contributed by atoms with E-state index in [4.69, 9.17) is 11.5 Å². The number of aliphatic imine (C=N–C) groups is 1. The fourth-order valence-corrected chi connectivity index (χ4v) is 2.66. The van der Waals surface area contributed by atoms with Crippen LogP contribution in [-0.2, 0) is 4.79 Å². The van der Waals surface area contributed by atoms with Crippen LogP contribution in [0.2, 0.25) is 0 Å². The average Bonchev–Trinajstić information content (AvgIpc) is 2.68. The zero-order valence-electron chi connectivity index (χ0n) is 16.4. The minimum Gasteiger partial charge on any atom is -0.388 e. The molecule has 0 unspecified atom stereocenters. The van der Waals surface area contributed by atoms with E-state index in [1.165, 1.54) is 0 Å². The van der Waals surface area contributed by atoms with Crippen molar-refractivity contribution in [1.82, 2.24) is 4.98 Å². The highest BCUT2D eigenvalue weighted by molar-refractivity contribution is 5.99. The van der Waals surface area contributed by atoms with Crippen molar-refractivity contribution in [3.63, 3.8) is 0 Å². The molecule has 29 heavy (non-hydrogen) atoms. The Kier molecular flexibility index (Phi) is 7.07. The third-order valence-corrected chi connectivity index (χ3v) is 4.16. The summed E-state index contributed by atoms with van der Waals surface area (Å²) in [7, 11) is 3.43. The number of hydrogen-bond donors (Lipinski definition) is 5. The Labute approximate surface area is 167 Å². The van der Waals surface area contributed by atoms with Crippen molar-refractivity contribution in [2.45, 2.75) is 19.4 Å². The quantitative estimate of drug-likeness (QED) is 0.405. The third-order valence-electron chi connectivity index (χ3n) is 4.16. The van der Waals surface area contributed by atoms with Crippen LogP contribution in [0.1, 0.15) is 29.3 Å². The molecule has 1 aromatic carbocycles. The Hall–Kier alpha value is -3.69. The van der Waals surface area contributed by atoms with Crippen molar-refractivity contribution in [3.05, 3.63) is 41.2 Å². The number of carbonyl (C=O) groups excluding carboxylic acids is 2. The van der Waals surface area contributed by atoms with E-state index in [0.29, 0.717) is 12.1 Å². The molecule has 10 heteroatoms. The maximum atomic E-state index is 14.4. The van der Waals surface area contributed by atoms with E-state index in [1.54, 1.807) is 39.4 Å². The summed E-state index contributed by atoms with van der Waals surface area (Å²) >= 11 is 0. The summed E-state index contributed by atoms with van der Waals surface area (Å²) in [6.07, 6.45) is 2.00. The van der Waals surface area contributed by atoms with Crippen molar-refractivity contribution >= 4 is 41.0 Å². The van der Waals surface area contributed by atoms with Crippen LogP contribution >= 0.6 is 0 Å². The molecular formula is C19H24FN7O2. The molecule has 0 fully saturated rings. The molecule has 1 atom stereocenters. The lowest BCUT2D eigenvalue weighted by atomic mass is 10.1. The zero-order valence-corrected chi connectivity index (χ0v) is 16.4. The van der Waals surface area contributed by atoms with Crippen LogP contribution in [-0.4, -0.2) is 43.2 Å². The molecule has 0 bridgehead atoms. The van der Waals surface area contributed by atoms with Gasteiger partial charge < -0.3 is 27.4 Å². The number of rotatable bonds is 9. The van der Waals surface area contributed by atoms with Gasteiger partial charge in [0.05, 0.1) is 5.56 Å². The molecule has 0 saturated heterocycles. The number of benzene rings is 1. The normalized spacial score (nSPS) is 11.9. The van der Waals surface area contributed by atoms with Gasteiger partial charge in [0.2, 0.25) is 5.91 Å². The number of nitrogens with zero attached hydrogens (tertiary/aromatic N) is 2. The first-order chi connectivity index (χ1) is 13.8. The summed E-state index contributed by atoms with van der Waals surface area (Å²) < 4.78 is 14.4. The second-order valence-electron chi connectivity index (χ2n) is 6.15. The first kappa shape index (κ1) is 21.6.